The Bertz CT molecular complexity index is 588. The smallest absolute Gasteiger partial charge is 0.203 e. The summed E-state index contributed by atoms with van der Waals surface area (Å²) in [6.07, 6.45) is 0.879. The van der Waals surface area contributed by atoms with Crippen LogP contribution < -0.4 is 19.5 Å². The molecule has 0 fully saturated rings. The minimum absolute atomic E-state index is 0.331. The molecule has 0 heterocycles. The molecule has 0 spiro atoms. The molecule has 0 aromatic heterocycles. The number of benzene rings is 2. The molecule has 2 rings (SSSR count). The predicted octanol–water partition coefficient (Wildman–Crippen LogP) is 3.43. The van der Waals surface area contributed by atoms with E-state index in [9.17, 15) is 0 Å². The quantitative estimate of drug-likeness (QED) is 0.810. The summed E-state index contributed by atoms with van der Waals surface area (Å²) in [5.41, 5.74) is 2.43. The summed E-state index contributed by atoms with van der Waals surface area (Å²) >= 11 is 0. The van der Waals surface area contributed by atoms with Gasteiger partial charge >= 0.3 is 0 Å². The molecule has 23 heavy (non-hydrogen) atoms. The molecule has 0 saturated carbocycles. The van der Waals surface area contributed by atoms with Crippen molar-refractivity contribution in [1.82, 2.24) is 5.32 Å². The minimum atomic E-state index is 0.331. The predicted molar refractivity (Wildman–Crippen MR) is 92.5 cm³/mol. The van der Waals surface area contributed by atoms with Gasteiger partial charge in [0.15, 0.2) is 11.5 Å². The van der Waals surface area contributed by atoms with Gasteiger partial charge in [0.2, 0.25) is 5.75 Å². The van der Waals surface area contributed by atoms with Crippen LogP contribution in [0.25, 0.3) is 0 Å². The first-order valence-electron chi connectivity index (χ1n) is 7.74. The lowest BCUT2D eigenvalue weighted by molar-refractivity contribution is 0.323. The summed E-state index contributed by atoms with van der Waals surface area (Å²) < 4.78 is 16.2. The summed E-state index contributed by atoms with van der Waals surface area (Å²) in [5, 5.41) is 3.54. The van der Waals surface area contributed by atoms with Gasteiger partial charge in [-0.15, -0.1) is 0 Å². The largest absolute Gasteiger partial charge is 0.493 e. The maximum absolute atomic E-state index is 5.40. The molecule has 0 radical (unpaired) electrons. The lowest BCUT2D eigenvalue weighted by atomic mass is 10.1. The third-order valence-corrected chi connectivity index (χ3v) is 3.76. The molecule has 0 bridgehead atoms. The number of hydrogen-bond acceptors (Lipinski definition) is 4. The third-order valence-electron chi connectivity index (χ3n) is 3.76. The maximum atomic E-state index is 5.40. The van der Waals surface area contributed by atoms with E-state index < -0.39 is 0 Å². The monoisotopic (exact) mass is 315 g/mol. The first-order valence-corrected chi connectivity index (χ1v) is 7.74. The molecular weight excluding hydrogens is 290 g/mol. The Morgan fingerprint density at radius 2 is 1.48 bits per heavy atom. The van der Waals surface area contributed by atoms with Crippen molar-refractivity contribution in [3.63, 3.8) is 0 Å². The Labute approximate surface area is 138 Å². The van der Waals surface area contributed by atoms with Crippen LogP contribution in [0.15, 0.2) is 42.5 Å². The van der Waals surface area contributed by atoms with E-state index in [0.29, 0.717) is 23.3 Å². The van der Waals surface area contributed by atoms with Crippen molar-refractivity contribution < 1.29 is 14.2 Å². The average Bonchev–Trinajstić information content (AvgIpc) is 2.59. The second kappa shape index (κ2) is 8.44. The molecule has 0 aliphatic carbocycles. The molecule has 2 aromatic rings. The first-order chi connectivity index (χ1) is 11.2. The van der Waals surface area contributed by atoms with Crippen LogP contribution in [0.3, 0.4) is 0 Å². The topological polar surface area (TPSA) is 39.7 Å². The lowest BCUT2D eigenvalue weighted by Crippen LogP contribution is -2.27. The van der Waals surface area contributed by atoms with Crippen LogP contribution in [0.5, 0.6) is 17.2 Å². The Kier molecular flexibility index (Phi) is 6.29. The first kappa shape index (κ1) is 17.2. The summed E-state index contributed by atoms with van der Waals surface area (Å²) in [4.78, 5) is 0. The number of nitrogens with one attached hydrogen (secondary N) is 1. The second-order valence-electron chi connectivity index (χ2n) is 5.51. The van der Waals surface area contributed by atoms with Gasteiger partial charge in [0.05, 0.1) is 21.3 Å². The molecule has 1 atom stereocenters. The number of ether oxygens (including phenoxy) is 3. The van der Waals surface area contributed by atoms with Gasteiger partial charge in [-0.25, -0.2) is 0 Å². The van der Waals surface area contributed by atoms with Gasteiger partial charge in [-0.05, 0) is 36.6 Å². The summed E-state index contributed by atoms with van der Waals surface area (Å²) in [6.45, 7) is 3.03. The fraction of sp³-hybridized carbons (Fsp3) is 0.368. The highest BCUT2D eigenvalue weighted by atomic mass is 16.5. The molecule has 0 saturated heterocycles. The second-order valence-corrected chi connectivity index (χ2v) is 5.51. The Hall–Kier alpha value is -2.20. The Balaban J connectivity index is 2.04. The van der Waals surface area contributed by atoms with Crippen LogP contribution in [-0.2, 0) is 13.0 Å². The molecule has 124 valence electrons. The molecular formula is C19H25NO3. The van der Waals surface area contributed by atoms with E-state index in [2.05, 4.69) is 36.5 Å². The van der Waals surface area contributed by atoms with Crippen LogP contribution in [0.1, 0.15) is 18.1 Å². The number of hydrogen-bond donors (Lipinski definition) is 1. The normalized spacial score (nSPS) is 11.8. The van der Waals surface area contributed by atoms with Gasteiger partial charge in [-0.3, -0.25) is 0 Å². The SMILES string of the molecule is COc1cc(CC(C)NCc2ccccc2)cc(OC)c1OC. The van der Waals surface area contributed by atoms with Gasteiger partial charge in [0.25, 0.3) is 0 Å². The molecule has 0 aliphatic rings. The van der Waals surface area contributed by atoms with Gasteiger partial charge < -0.3 is 19.5 Å². The molecule has 0 aliphatic heterocycles. The highest BCUT2D eigenvalue weighted by Crippen LogP contribution is 2.38. The summed E-state index contributed by atoms with van der Waals surface area (Å²) in [6, 6.07) is 14.7. The van der Waals surface area contributed by atoms with Crippen molar-refractivity contribution in [1.29, 1.82) is 0 Å². The fourth-order valence-electron chi connectivity index (χ4n) is 2.57. The fourth-order valence-corrected chi connectivity index (χ4v) is 2.57. The van der Waals surface area contributed by atoms with Gasteiger partial charge in [-0.2, -0.15) is 0 Å². The van der Waals surface area contributed by atoms with Crippen LogP contribution in [-0.4, -0.2) is 27.4 Å². The highest BCUT2D eigenvalue weighted by Gasteiger charge is 2.14. The van der Waals surface area contributed by atoms with Crippen LogP contribution in [0.2, 0.25) is 0 Å². The van der Waals surface area contributed by atoms with E-state index in [0.717, 1.165) is 18.5 Å². The van der Waals surface area contributed by atoms with Gasteiger partial charge in [-0.1, -0.05) is 30.3 Å². The number of rotatable bonds is 8. The third kappa shape index (κ3) is 4.63. The molecule has 1 N–H and O–H groups in total. The molecule has 4 nitrogen and oxygen atoms in total. The van der Waals surface area contributed by atoms with E-state index >= 15 is 0 Å². The zero-order chi connectivity index (χ0) is 16.7. The summed E-state index contributed by atoms with van der Waals surface area (Å²) in [5.74, 6) is 2.01. The zero-order valence-electron chi connectivity index (χ0n) is 14.3. The van der Waals surface area contributed by atoms with E-state index in [-0.39, 0.29) is 0 Å². The zero-order valence-corrected chi connectivity index (χ0v) is 14.3. The molecule has 0 amide bonds. The lowest BCUT2D eigenvalue weighted by Gasteiger charge is -2.17. The molecule has 2 aromatic carbocycles. The van der Waals surface area contributed by atoms with Crippen LogP contribution in [0.4, 0.5) is 0 Å². The van der Waals surface area contributed by atoms with Crippen molar-refractivity contribution in [2.45, 2.75) is 25.9 Å². The van der Waals surface area contributed by atoms with Gasteiger partial charge in [0, 0.05) is 12.6 Å². The Morgan fingerprint density at radius 3 is 2.00 bits per heavy atom. The van der Waals surface area contributed by atoms with Crippen LogP contribution in [0, 0.1) is 0 Å². The number of methoxy groups -OCH3 is 3. The Morgan fingerprint density at radius 1 is 0.870 bits per heavy atom. The standard InChI is InChI=1S/C19H25NO3/c1-14(20-13-15-8-6-5-7-9-15)10-16-11-17(21-2)19(23-4)18(12-16)22-3/h5-9,11-12,14,20H,10,13H2,1-4H3. The van der Waals surface area contributed by atoms with Crippen molar-refractivity contribution >= 4 is 0 Å². The van der Waals surface area contributed by atoms with Crippen molar-refractivity contribution in [2.24, 2.45) is 0 Å². The van der Waals surface area contributed by atoms with E-state index in [1.165, 1.54) is 5.56 Å². The molecule has 4 heteroatoms. The minimum Gasteiger partial charge on any atom is -0.493 e. The average molecular weight is 315 g/mol. The van der Waals surface area contributed by atoms with E-state index in [4.69, 9.17) is 14.2 Å². The highest BCUT2D eigenvalue weighted by molar-refractivity contribution is 5.53. The van der Waals surface area contributed by atoms with Crippen molar-refractivity contribution in [3.8, 4) is 17.2 Å². The van der Waals surface area contributed by atoms with E-state index in [1.54, 1.807) is 21.3 Å². The maximum Gasteiger partial charge on any atom is 0.203 e. The van der Waals surface area contributed by atoms with Crippen LogP contribution >= 0.6 is 0 Å². The van der Waals surface area contributed by atoms with Gasteiger partial charge in [0.1, 0.15) is 0 Å². The van der Waals surface area contributed by atoms with E-state index in [1.807, 2.05) is 18.2 Å². The van der Waals surface area contributed by atoms with Crippen molar-refractivity contribution in [3.05, 3.63) is 53.6 Å². The van der Waals surface area contributed by atoms with Crippen molar-refractivity contribution in [2.75, 3.05) is 21.3 Å². The molecule has 1 unspecified atom stereocenters. The summed E-state index contributed by atoms with van der Waals surface area (Å²) in [7, 11) is 4.89.